The van der Waals surface area contributed by atoms with Crippen LogP contribution in [-0.2, 0) is 16.6 Å². The number of nitrogens with zero attached hydrogens (tertiary/aromatic N) is 1. The summed E-state index contributed by atoms with van der Waals surface area (Å²) in [6.07, 6.45) is 5.03. The number of nitrogens with one attached hydrogen (secondary N) is 2. The number of aryl methyl sites for hydroxylation is 1. The highest BCUT2D eigenvalue weighted by molar-refractivity contribution is 7.89. The Balaban J connectivity index is 2.27. The molecule has 0 saturated heterocycles. The van der Waals surface area contributed by atoms with Gasteiger partial charge in [0.2, 0.25) is 0 Å². The molecule has 19 heavy (non-hydrogen) atoms. The van der Waals surface area contributed by atoms with Crippen molar-refractivity contribution in [3.8, 4) is 0 Å². The second kappa shape index (κ2) is 5.22. The van der Waals surface area contributed by atoms with E-state index in [2.05, 4.69) is 14.9 Å². The number of hydrogen-bond acceptors (Lipinski definition) is 4. The minimum absolute atomic E-state index is 0.0410. The van der Waals surface area contributed by atoms with Crippen molar-refractivity contribution < 1.29 is 8.42 Å². The standard InChI is InChI=1S/C12H22N4O2S/c1-9-10(8-13)11(15-14-9)19(17,18)16-12(2)6-4-3-5-7-12/h16H,3-8,13H2,1-2H3,(H,14,15). The number of sulfonamides is 1. The lowest BCUT2D eigenvalue weighted by Gasteiger charge is -2.33. The molecule has 0 spiro atoms. The summed E-state index contributed by atoms with van der Waals surface area (Å²) in [6.45, 7) is 3.90. The predicted octanol–water partition coefficient (Wildman–Crippen LogP) is 1.18. The van der Waals surface area contributed by atoms with Crippen LogP contribution in [-0.4, -0.2) is 24.2 Å². The maximum absolute atomic E-state index is 12.4. The SMILES string of the molecule is Cc1[nH]nc(S(=O)(=O)NC2(C)CCCCC2)c1CN. The maximum Gasteiger partial charge on any atom is 0.260 e. The molecule has 0 amide bonds. The Labute approximate surface area is 114 Å². The first kappa shape index (κ1) is 14.5. The van der Waals surface area contributed by atoms with Gasteiger partial charge in [0.1, 0.15) is 0 Å². The van der Waals surface area contributed by atoms with Gasteiger partial charge in [0.15, 0.2) is 5.03 Å². The topological polar surface area (TPSA) is 101 Å². The van der Waals surface area contributed by atoms with Crippen molar-refractivity contribution in [1.29, 1.82) is 0 Å². The summed E-state index contributed by atoms with van der Waals surface area (Å²) in [7, 11) is -3.61. The van der Waals surface area contributed by atoms with Crippen molar-refractivity contribution in [1.82, 2.24) is 14.9 Å². The van der Waals surface area contributed by atoms with Gasteiger partial charge in [0, 0.05) is 23.3 Å². The van der Waals surface area contributed by atoms with Crippen LogP contribution in [0.25, 0.3) is 0 Å². The van der Waals surface area contributed by atoms with Gasteiger partial charge in [0.05, 0.1) is 0 Å². The largest absolute Gasteiger partial charge is 0.326 e. The molecule has 1 aliphatic carbocycles. The summed E-state index contributed by atoms with van der Waals surface area (Å²) in [6, 6.07) is 0. The molecule has 1 aromatic heterocycles. The first-order chi connectivity index (χ1) is 8.88. The van der Waals surface area contributed by atoms with E-state index in [4.69, 9.17) is 5.73 Å². The zero-order valence-electron chi connectivity index (χ0n) is 11.5. The van der Waals surface area contributed by atoms with Crippen LogP contribution in [0.2, 0.25) is 0 Å². The molecular formula is C12H22N4O2S. The summed E-state index contributed by atoms with van der Waals surface area (Å²) < 4.78 is 27.7. The molecule has 1 saturated carbocycles. The number of H-pyrrole nitrogens is 1. The van der Waals surface area contributed by atoms with Crippen molar-refractivity contribution in [2.45, 2.75) is 63.1 Å². The first-order valence-electron chi connectivity index (χ1n) is 6.66. The average molecular weight is 286 g/mol. The van der Waals surface area contributed by atoms with Crippen LogP contribution < -0.4 is 10.5 Å². The molecule has 6 nitrogen and oxygen atoms in total. The molecule has 0 aromatic carbocycles. The second-order valence-electron chi connectivity index (χ2n) is 5.56. The Morgan fingerprint density at radius 1 is 1.37 bits per heavy atom. The van der Waals surface area contributed by atoms with E-state index in [1.807, 2.05) is 6.92 Å². The molecule has 1 aliphatic rings. The predicted molar refractivity (Wildman–Crippen MR) is 73.0 cm³/mol. The zero-order valence-corrected chi connectivity index (χ0v) is 12.3. The van der Waals surface area contributed by atoms with Gasteiger partial charge in [-0.15, -0.1) is 0 Å². The summed E-state index contributed by atoms with van der Waals surface area (Å²) in [5, 5.41) is 6.64. The van der Waals surface area contributed by atoms with E-state index in [1.54, 1.807) is 6.92 Å². The Morgan fingerprint density at radius 3 is 2.58 bits per heavy atom. The fourth-order valence-corrected chi connectivity index (χ4v) is 4.38. The van der Waals surface area contributed by atoms with Gasteiger partial charge < -0.3 is 5.73 Å². The third-order valence-corrected chi connectivity index (χ3v) is 5.44. The van der Waals surface area contributed by atoms with E-state index < -0.39 is 10.0 Å². The minimum atomic E-state index is -3.61. The average Bonchev–Trinajstić information content (AvgIpc) is 2.70. The molecule has 0 unspecified atom stereocenters. The molecule has 7 heteroatoms. The van der Waals surface area contributed by atoms with E-state index in [9.17, 15) is 8.42 Å². The van der Waals surface area contributed by atoms with Gasteiger partial charge in [-0.3, -0.25) is 5.10 Å². The Morgan fingerprint density at radius 2 is 2.00 bits per heavy atom. The third kappa shape index (κ3) is 2.98. The molecule has 4 N–H and O–H groups in total. The maximum atomic E-state index is 12.4. The lowest BCUT2D eigenvalue weighted by atomic mass is 9.84. The van der Waals surface area contributed by atoms with Crippen molar-refractivity contribution >= 4 is 10.0 Å². The van der Waals surface area contributed by atoms with Gasteiger partial charge in [0.25, 0.3) is 10.0 Å². The van der Waals surface area contributed by atoms with E-state index >= 15 is 0 Å². The highest BCUT2D eigenvalue weighted by Crippen LogP contribution is 2.29. The van der Waals surface area contributed by atoms with E-state index in [0.29, 0.717) is 11.3 Å². The third-order valence-electron chi connectivity index (χ3n) is 3.83. The summed E-state index contributed by atoms with van der Waals surface area (Å²) in [5.41, 5.74) is 6.51. The highest BCUT2D eigenvalue weighted by atomic mass is 32.2. The van der Waals surface area contributed by atoms with Gasteiger partial charge in [-0.05, 0) is 26.7 Å². The molecular weight excluding hydrogens is 264 g/mol. The zero-order chi connectivity index (χ0) is 14.1. The van der Waals surface area contributed by atoms with E-state index in [1.165, 1.54) is 6.42 Å². The lowest BCUT2D eigenvalue weighted by molar-refractivity contribution is 0.293. The number of hydrogen-bond donors (Lipinski definition) is 3. The van der Waals surface area contributed by atoms with Crippen molar-refractivity contribution in [2.75, 3.05) is 0 Å². The molecule has 1 aromatic rings. The second-order valence-corrected chi connectivity index (χ2v) is 7.16. The van der Waals surface area contributed by atoms with Gasteiger partial charge in [-0.2, -0.15) is 5.10 Å². The van der Waals surface area contributed by atoms with Crippen LogP contribution >= 0.6 is 0 Å². The number of nitrogens with two attached hydrogens (primary N) is 1. The van der Waals surface area contributed by atoms with Gasteiger partial charge in [-0.25, -0.2) is 13.1 Å². The Bertz CT molecular complexity index is 544. The quantitative estimate of drug-likeness (QED) is 0.773. The molecule has 0 aliphatic heterocycles. The molecule has 0 bridgehead atoms. The monoisotopic (exact) mass is 286 g/mol. The molecule has 0 radical (unpaired) electrons. The van der Waals surface area contributed by atoms with Crippen molar-refractivity contribution in [3.63, 3.8) is 0 Å². The van der Waals surface area contributed by atoms with Crippen LogP contribution in [0.1, 0.15) is 50.3 Å². The summed E-state index contributed by atoms with van der Waals surface area (Å²) in [4.78, 5) is 0. The minimum Gasteiger partial charge on any atom is -0.326 e. The molecule has 1 fully saturated rings. The molecule has 1 heterocycles. The van der Waals surface area contributed by atoms with Crippen LogP contribution in [0.5, 0.6) is 0 Å². The fourth-order valence-electron chi connectivity index (χ4n) is 2.70. The summed E-state index contributed by atoms with van der Waals surface area (Å²) >= 11 is 0. The van der Waals surface area contributed by atoms with Crippen molar-refractivity contribution in [3.05, 3.63) is 11.3 Å². The van der Waals surface area contributed by atoms with Crippen LogP contribution in [0, 0.1) is 6.92 Å². The van der Waals surface area contributed by atoms with E-state index in [-0.39, 0.29) is 17.1 Å². The highest BCUT2D eigenvalue weighted by Gasteiger charge is 2.34. The lowest BCUT2D eigenvalue weighted by Crippen LogP contribution is -2.47. The number of rotatable bonds is 4. The van der Waals surface area contributed by atoms with E-state index in [0.717, 1.165) is 25.7 Å². The normalized spacial score (nSPS) is 19.5. The smallest absolute Gasteiger partial charge is 0.260 e. The Hall–Kier alpha value is -0.920. The number of aromatic nitrogens is 2. The van der Waals surface area contributed by atoms with Gasteiger partial charge >= 0.3 is 0 Å². The molecule has 2 rings (SSSR count). The molecule has 108 valence electrons. The van der Waals surface area contributed by atoms with Crippen molar-refractivity contribution in [2.24, 2.45) is 5.73 Å². The number of aromatic amines is 1. The first-order valence-corrected chi connectivity index (χ1v) is 8.14. The fraction of sp³-hybridized carbons (Fsp3) is 0.750. The van der Waals surface area contributed by atoms with Gasteiger partial charge in [-0.1, -0.05) is 19.3 Å². The van der Waals surface area contributed by atoms with Crippen LogP contribution in [0.15, 0.2) is 5.03 Å². The molecule has 0 atom stereocenters. The summed E-state index contributed by atoms with van der Waals surface area (Å²) in [5.74, 6) is 0. The Kier molecular flexibility index (Phi) is 3.98. The van der Waals surface area contributed by atoms with Crippen LogP contribution in [0.4, 0.5) is 0 Å². The van der Waals surface area contributed by atoms with Crippen LogP contribution in [0.3, 0.4) is 0 Å².